The van der Waals surface area contributed by atoms with Gasteiger partial charge in [0.25, 0.3) is 5.91 Å². The standard InChI is InChI=1S/C36H40N4O3/c1-4-23-20-28-29(22-31(23)40-14-12-26(13-15-40)39-16-18-43-19-17-39)36(2,3)34-32(33(28)41)27-11-10-25(21-30(27)38-34)37-35(42)24-8-6-5-7-9-24/h5-11,20-22,26,38H,4,12-19H2,1-3H3,(H,37,42). The van der Waals surface area contributed by atoms with E-state index >= 15 is 0 Å². The van der Waals surface area contributed by atoms with Crippen LogP contribution in [0.4, 0.5) is 11.4 Å². The Hall–Kier alpha value is -3.94. The lowest BCUT2D eigenvalue weighted by molar-refractivity contribution is 0.0115. The number of fused-ring (bicyclic) bond motifs is 4. The van der Waals surface area contributed by atoms with E-state index in [1.807, 2.05) is 36.4 Å². The van der Waals surface area contributed by atoms with Gasteiger partial charge >= 0.3 is 0 Å². The number of piperidine rings is 1. The molecule has 1 aliphatic carbocycles. The van der Waals surface area contributed by atoms with E-state index in [0.29, 0.717) is 17.3 Å². The number of rotatable bonds is 5. The Morgan fingerprint density at radius 3 is 2.47 bits per heavy atom. The minimum absolute atomic E-state index is 0.0731. The van der Waals surface area contributed by atoms with Crippen molar-refractivity contribution in [2.24, 2.45) is 0 Å². The smallest absolute Gasteiger partial charge is 0.255 e. The third-order valence-electron chi connectivity index (χ3n) is 9.83. The van der Waals surface area contributed by atoms with Crippen LogP contribution in [0.15, 0.2) is 60.7 Å². The lowest BCUT2D eigenvalue weighted by Gasteiger charge is -2.42. The predicted octanol–water partition coefficient (Wildman–Crippen LogP) is 6.15. The van der Waals surface area contributed by atoms with Gasteiger partial charge in [-0.15, -0.1) is 0 Å². The molecule has 3 heterocycles. The van der Waals surface area contributed by atoms with Crippen LogP contribution in [0.1, 0.15) is 76.7 Å². The maximum Gasteiger partial charge on any atom is 0.255 e. The molecule has 7 heteroatoms. The lowest BCUT2D eigenvalue weighted by Crippen LogP contribution is -2.49. The zero-order valence-electron chi connectivity index (χ0n) is 25.3. The Morgan fingerprint density at radius 1 is 1.00 bits per heavy atom. The van der Waals surface area contributed by atoms with Crippen molar-refractivity contribution < 1.29 is 14.3 Å². The van der Waals surface area contributed by atoms with Crippen molar-refractivity contribution in [2.75, 3.05) is 49.6 Å². The van der Waals surface area contributed by atoms with Gasteiger partial charge in [-0.1, -0.05) is 45.0 Å². The number of aromatic nitrogens is 1. The number of hydrogen-bond acceptors (Lipinski definition) is 5. The molecule has 0 spiro atoms. The maximum atomic E-state index is 14.2. The van der Waals surface area contributed by atoms with Gasteiger partial charge in [-0.25, -0.2) is 0 Å². The van der Waals surface area contributed by atoms with E-state index in [1.54, 1.807) is 12.1 Å². The molecular weight excluding hydrogens is 536 g/mol. The van der Waals surface area contributed by atoms with Crippen LogP contribution >= 0.6 is 0 Å². The molecule has 3 aliphatic rings. The van der Waals surface area contributed by atoms with Crippen molar-refractivity contribution in [2.45, 2.75) is 51.5 Å². The summed E-state index contributed by atoms with van der Waals surface area (Å²) in [6.07, 6.45) is 3.18. The highest BCUT2D eigenvalue weighted by molar-refractivity contribution is 6.20. The largest absolute Gasteiger partial charge is 0.379 e. The van der Waals surface area contributed by atoms with Crippen molar-refractivity contribution in [3.63, 3.8) is 0 Å². The number of aromatic amines is 1. The van der Waals surface area contributed by atoms with Gasteiger partial charge in [0.05, 0.1) is 18.8 Å². The van der Waals surface area contributed by atoms with Gasteiger partial charge in [0.15, 0.2) is 5.78 Å². The van der Waals surface area contributed by atoms with Crippen molar-refractivity contribution in [1.29, 1.82) is 0 Å². The van der Waals surface area contributed by atoms with Crippen LogP contribution < -0.4 is 10.2 Å². The highest BCUT2D eigenvalue weighted by Crippen LogP contribution is 2.46. The van der Waals surface area contributed by atoms with Gasteiger partial charge in [0, 0.05) is 76.7 Å². The summed E-state index contributed by atoms with van der Waals surface area (Å²) in [6, 6.07) is 20.1. The molecule has 0 saturated carbocycles. The molecular formula is C36H40N4O3. The SMILES string of the molecule is CCc1cc2c(cc1N1CCC(N3CCOCC3)CC1)C(C)(C)c1[nH]c3cc(NC(=O)c4ccccc4)ccc3c1C2=O. The van der Waals surface area contributed by atoms with Crippen LogP contribution in [0, 0.1) is 0 Å². The minimum Gasteiger partial charge on any atom is -0.379 e. The van der Waals surface area contributed by atoms with Gasteiger partial charge in [0.2, 0.25) is 0 Å². The molecule has 2 N–H and O–H groups in total. The molecule has 1 amide bonds. The van der Waals surface area contributed by atoms with Crippen LogP contribution in [-0.4, -0.2) is 67.0 Å². The molecule has 7 rings (SSSR count). The van der Waals surface area contributed by atoms with E-state index in [9.17, 15) is 9.59 Å². The van der Waals surface area contributed by atoms with Crippen LogP contribution in [0.2, 0.25) is 0 Å². The summed E-state index contributed by atoms with van der Waals surface area (Å²) in [5.74, 6) is -0.0856. The fraction of sp³-hybridized carbons (Fsp3) is 0.389. The predicted molar refractivity (Wildman–Crippen MR) is 172 cm³/mol. The second-order valence-corrected chi connectivity index (χ2v) is 12.7. The van der Waals surface area contributed by atoms with Crippen molar-refractivity contribution in [1.82, 2.24) is 9.88 Å². The molecule has 2 saturated heterocycles. The second-order valence-electron chi connectivity index (χ2n) is 12.7. The average molecular weight is 577 g/mol. The van der Waals surface area contributed by atoms with Crippen LogP contribution in [0.3, 0.4) is 0 Å². The number of ketones is 1. The van der Waals surface area contributed by atoms with Gasteiger partial charge in [0.1, 0.15) is 0 Å². The number of H-pyrrole nitrogens is 1. The van der Waals surface area contributed by atoms with Crippen molar-refractivity contribution in [3.05, 3.63) is 94.2 Å². The van der Waals surface area contributed by atoms with Gasteiger partial charge in [-0.3, -0.25) is 14.5 Å². The number of morpholine rings is 1. The number of carbonyl (C=O) groups is 2. The van der Waals surface area contributed by atoms with Crippen molar-refractivity contribution >= 4 is 34.0 Å². The number of benzene rings is 3. The molecule has 0 radical (unpaired) electrons. The summed E-state index contributed by atoms with van der Waals surface area (Å²) >= 11 is 0. The first-order valence-corrected chi connectivity index (χ1v) is 15.7. The number of carbonyl (C=O) groups excluding carboxylic acids is 2. The summed E-state index contributed by atoms with van der Waals surface area (Å²) in [7, 11) is 0. The summed E-state index contributed by atoms with van der Waals surface area (Å²) < 4.78 is 5.58. The molecule has 7 nitrogen and oxygen atoms in total. The Balaban J connectivity index is 1.20. The quantitative estimate of drug-likeness (QED) is 0.298. The number of anilines is 2. The highest BCUT2D eigenvalue weighted by atomic mass is 16.5. The Morgan fingerprint density at radius 2 is 1.74 bits per heavy atom. The third-order valence-corrected chi connectivity index (χ3v) is 9.83. The normalized spacial score (nSPS) is 18.9. The molecule has 2 fully saturated rings. The monoisotopic (exact) mass is 576 g/mol. The molecule has 222 valence electrons. The number of aryl methyl sites for hydroxylation is 1. The Kier molecular flexibility index (Phi) is 7.10. The Labute approximate surface area is 253 Å². The van der Waals surface area contributed by atoms with Crippen molar-refractivity contribution in [3.8, 4) is 0 Å². The summed E-state index contributed by atoms with van der Waals surface area (Å²) in [5.41, 5.74) is 7.84. The summed E-state index contributed by atoms with van der Waals surface area (Å²) in [5, 5.41) is 3.90. The Bertz CT molecular complexity index is 1690. The van der Waals surface area contributed by atoms with Crippen LogP contribution in [-0.2, 0) is 16.6 Å². The molecule has 43 heavy (non-hydrogen) atoms. The number of hydrogen-bond donors (Lipinski definition) is 2. The van der Waals surface area contributed by atoms with E-state index in [2.05, 4.69) is 53.0 Å². The van der Waals surface area contributed by atoms with E-state index in [4.69, 9.17) is 4.74 Å². The zero-order chi connectivity index (χ0) is 29.7. The first-order chi connectivity index (χ1) is 20.8. The van der Waals surface area contributed by atoms with Gasteiger partial charge < -0.3 is 19.9 Å². The van der Waals surface area contributed by atoms with E-state index < -0.39 is 5.41 Å². The number of amides is 1. The fourth-order valence-electron chi connectivity index (χ4n) is 7.37. The minimum atomic E-state index is -0.391. The molecule has 1 aromatic heterocycles. The highest BCUT2D eigenvalue weighted by Gasteiger charge is 2.41. The third kappa shape index (κ3) is 4.85. The zero-order valence-corrected chi connectivity index (χ0v) is 25.3. The van der Waals surface area contributed by atoms with Crippen LogP contribution in [0.25, 0.3) is 10.9 Å². The molecule has 0 bridgehead atoms. The topological polar surface area (TPSA) is 77.7 Å². The molecule has 0 unspecified atom stereocenters. The number of ether oxygens (including phenoxy) is 1. The maximum absolute atomic E-state index is 14.2. The second kappa shape index (κ2) is 11.0. The number of nitrogens with one attached hydrogen (secondary N) is 2. The van der Waals surface area contributed by atoms with E-state index in [1.165, 1.54) is 11.3 Å². The molecule has 3 aromatic carbocycles. The van der Waals surface area contributed by atoms with Crippen LogP contribution in [0.5, 0.6) is 0 Å². The van der Waals surface area contributed by atoms with Gasteiger partial charge in [-0.2, -0.15) is 0 Å². The summed E-state index contributed by atoms with van der Waals surface area (Å²) in [4.78, 5) is 35.7. The molecule has 0 atom stereocenters. The number of nitrogens with zero attached hydrogens (tertiary/aromatic N) is 2. The first-order valence-electron chi connectivity index (χ1n) is 15.7. The van der Waals surface area contributed by atoms with E-state index in [0.717, 1.165) is 91.9 Å². The summed E-state index contributed by atoms with van der Waals surface area (Å²) in [6.45, 7) is 12.4. The lowest BCUT2D eigenvalue weighted by atomic mass is 9.70. The molecule has 2 aliphatic heterocycles. The molecule has 4 aromatic rings. The average Bonchev–Trinajstić information content (AvgIpc) is 3.44. The van der Waals surface area contributed by atoms with E-state index in [-0.39, 0.29) is 11.7 Å². The first kappa shape index (κ1) is 27.9. The van der Waals surface area contributed by atoms with Gasteiger partial charge in [-0.05, 0) is 66.8 Å². The fourth-order valence-corrected chi connectivity index (χ4v) is 7.37.